The summed E-state index contributed by atoms with van der Waals surface area (Å²) in [6.45, 7) is 1.92. The number of nitrogens with two attached hydrogens (primary N) is 1. The van der Waals surface area contributed by atoms with Gasteiger partial charge in [0.15, 0.2) is 0 Å². The molecule has 0 amide bonds. The summed E-state index contributed by atoms with van der Waals surface area (Å²) in [5, 5.41) is 3.57. The molecule has 3 N–H and O–H groups in total. The largest absolute Gasteiger partial charge is 0.368 e. The smallest absolute Gasteiger partial charge is 0.233 e. The van der Waals surface area contributed by atoms with Gasteiger partial charge in [-0.05, 0) is 30.2 Å². The molecule has 0 saturated carbocycles. The minimum atomic E-state index is 0.0321. The molecule has 0 bridgehead atoms. The molecular weight excluding hydrogens is 261 g/mol. The van der Waals surface area contributed by atoms with Gasteiger partial charge in [0.1, 0.15) is 0 Å². The molecule has 1 aromatic carbocycles. The molecule has 2 aromatic rings. The summed E-state index contributed by atoms with van der Waals surface area (Å²) in [6.07, 6.45) is 0. The lowest BCUT2D eigenvalue weighted by atomic mass is 10.2. The third kappa shape index (κ3) is 2.75. The van der Waals surface area contributed by atoms with Crippen molar-refractivity contribution in [2.45, 2.75) is 6.92 Å². The van der Waals surface area contributed by atoms with E-state index in [1.807, 2.05) is 19.1 Å². The topological polar surface area (TPSA) is 76.7 Å². The van der Waals surface area contributed by atoms with Gasteiger partial charge in [-0.2, -0.15) is 15.0 Å². The van der Waals surface area contributed by atoms with Gasteiger partial charge in [0, 0.05) is 0 Å². The first-order valence-corrected chi connectivity index (χ1v) is 5.51. The zero-order valence-electron chi connectivity index (χ0n) is 8.91. The fourth-order valence-corrected chi connectivity index (χ4v) is 1.76. The van der Waals surface area contributed by atoms with Crippen LogP contribution < -0.4 is 11.1 Å². The number of anilines is 3. The Morgan fingerprint density at radius 2 is 1.94 bits per heavy atom. The number of hydrogen-bond donors (Lipinski definition) is 2. The van der Waals surface area contributed by atoms with E-state index in [9.17, 15) is 0 Å². The lowest BCUT2D eigenvalue weighted by molar-refractivity contribution is 1.07. The van der Waals surface area contributed by atoms with Crippen LogP contribution in [-0.4, -0.2) is 15.0 Å². The van der Waals surface area contributed by atoms with Crippen LogP contribution in [0.5, 0.6) is 0 Å². The summed E-state index contributed by atoms with van der Waals surface area (Å²) >= 11 is 11.7. The van der Waals surface area contributed by atoms with Gasteiger partial charge >= 0.3 is 0 Å². The Balaban J connectivity index is 2.38. The van der Waals surface area contributed by atoms with Crippen LogP contribution >= 0.6 is 23.2 Å². The fraction of sp³-hybridized carbons (Fsp3) is 0.100. The quantitative estimate of drug-likeness (QED) is 0.877. The van der Waals surface area contributed by atoms with Crippen LogP contribution in [0.2, 0.25) is 10.3 Å². The molecule has 0 atom stereocenters. The highest BCUT2D eigenvalue weighted by molar-refractivity contribution is 6.33. The Morgan fingerprint density at radius 3 is 2.59 bits per heavy atom. The Kier molecular flexibility index (Phi) is 3.31. The van der Waals surface area contributed by atoms with E-state index < -0.39 is 0 Å². The number of para-hydroxylation sites is 1. The molecule has 5 nitrogen and oxygen atoms in total. The first kappa shape index (κ1) is 11.9. The lowest BCUT2D eigenvalue weighted by Gasteiger charge is -2.09. The normalized spacial score (nSPS) is 10.3. The number of aromatic nitrogens is 3. The first-order valence-electron chi connectivity index (χ1n) is 4.75. The maximum Gasteiger partial charge on any atom is 0.233 e. The van der Waals surface area contributed by atoms with Gasteiger partial charge in [-0.25, -0.2) is 0 Å². The molecule has 0 aliphatic heterocycles. The van der Waals surface area contributed by atoms with E-state index >= 15 is 0 Å². The maximum absolute atomic E-state index is 6.06. The molecular formula is C10H9Cl2N5. The van der Waals surface area contributed by atoms with E-state index in [4.69, 9.17) is 28.9 Å². The molecule has 0 spiro atoms. The highest BCUT2D eigenvalue weighted by Crippen LogP contribution is 2.27. The van der Waals surface area contributed by atoms with Crippen molar-refractivity contribution in [3.63, 3.8) is 0 Å². The van der Waals surface area contributed by atoms with Crippen molar-refractivity contribution in [1.82, 2.24) is 15.0 Å². The van der Waals surface area contributed by atoms with Crippen molar-refractivity contribution in [3.8, 4) is 0 Å². The van der Waals surface area contributed by atoms with Gasteiger partial charge in [0.25, 0.3) is 0 Å². The second-order valence-electron chi connectivity index (χ2n) is 3.34. The van der Waals surface area contributed by atoms with E-state index in [2.05, 4.69) is 20.3 Å². The van der Waals surface area contributed by atoms with Gasteiger partial charge in [-0.3, -0.25) is 0 Å². The Morgan fingerprint density at radius 1 is 1.18 bits per heavy atom. The number of aryl methyl sites for hydroxylation is 1. The van der Waals surface area contributed by atoms with Crippen LogP contribution in [0, 0.1) is 6.92 Å². The summed E-state index contributed by atoms with van der Waals surface area (Å²) < 4.78 is 0. The van der Waals surface area contributed by atoms with Gasteiger partial charge in [-0.15, -0.1) is 0 Å². The van der Waals surface area contributed by atoms with Gasteiger partial charge < -0.3 is 11.1 Å². The Hall–Kier alpha value is -1.59. The molecule has 2 rings (SSSR count). The number of nitrogens with one attached hydrogen (secondary N) is 1. The SMILES string of the molecule is Cc1cccc(Cl)c1Nc1nc(N)nc(Cl)n1. The van der Waals surface area contributed by atoms with Crippen LogP contribution in [-0.2, 0) is 0 Å². The highest BCUT2D eigenvalue weighted by atomic mass is 35.5. The summed E-state index contributed by atoms with van der Waals surface area (Å²) in [6, 6.07) is 5.54. The second-order valence-corrected chi connectivity index (χ2v) is 4.09. The summed E-state index contributed by atoms with van der Waals surface area (Å²) in [4.78, 5) is 11.5. The number of benzene rings is 1. The van der Waals surface area contributed by atoms with E-state index in [-0.39, 0.29) is 17.2 Å². The molecule has 0 fully saturated rings. The minimum Gasteiger partial charge on any atom is -0.368 e. The number of hydrogen-bond acceptors (Lipinski definition) is 5. The summed E-state index contributed by atoms with van der Waals surface area (Å²) in [7, 11) is 0. The van der Waals surface area contributed by atoms with Crippen molar-refractivity contribution in [2.75, 3.05) is 11.1 Å². The molecule has 0 saturated heterocycles. The average molecular weight is 270 g/mol. The van der Waals surface area contributed by atoms with Crippen LogP contribution in [0.15, 0.2) is 18.2 Å². The highest BCUT2D eigenvalue weighted by Gasteiger charge is 2.07. The summed E-state index contributed by atoms with van der Waals surface area (Å²) in [5.74, 6) is 0.316. The third-order valence-electron chi connectivity index (χ3n) is 2.08. The first-order chi connectivity index (χ1) is 8.06. The van der Waals surface area contributed by atoms with Crippen molar-refractivity contribution < 1.29 is 0 Å². The zero-order chi connectivity index (χ0) is 12.4. The van der Waals surface area contributed by atoms with Crippen LogP contribution in [0.4, 0.5) is 17.6 Å². The minimum absolute atomic E-state index is 0.0321. The second kappa shape index (κ2) is 4.73. The number of nitrogens with zero attached hydrogens (tertiary/aromatic N) is 3. The van der Waals surface area contributed by atoms with Crippen LogP contribution in [0.25, 0.3) is 0 Å². The molecule has 1 aromatic heterocycles. The van der Waals surface area contributed by atoms with Crippen LogP contribution in [0.3, 0.4) is 0 Å². The van der Waals surface area contributed by atoms with E-state index in [0.717, 1.165) is 11.3 Å². The molecule has 0 unspecified atom stereocenters. The monoisotopic (exact) mass is 269 g/mol. The van der Waals surface area contributed by atoms with Crippen molar-refractivity contribution in [3.05, 3.63) is 34.1 Å². The molecule has 88 valence electrons. The summed E-state index contributed by atoms with van der Waals surface area (Å²) in [5.41, 5.74) is 7.15. The molecule has 17 heavy (non-hydrogen) atoms. The van der Waals surface area contributed by atoms with E-state index in [0.29, 0.717) is 5.02 Å². The maximum atomic E-state index is 6.06. The van der Waals surface area contributed by atoms with Gasteiger partial charge in [0.05, 0.1) is 10.7 Å². The van der Waals surface area contributed by atoms with Crippen molar-refractivity contribution in [1.29, 1.82) is 0 Å². The lowest BCUT2D eigenvalue weighted by Crippen LogP contribution is -2.04. The average Bonchev–Trinajstić information content (AvgIpc) is 2.22. The number of rotatable bonds is 2. The van der Waals surface area contributed by atoms with Crippen molar-refractivity contribution in [2.24, 2.45) is 0 Å². The van der Waals surface area contributed by atoms with Gasteiger partial charge in [-0.1, -0.05) is 23.7 Å². The molecule has 0 radical (unpaired) electrons. The van der Waals surface area contributed by atoms with Crippen molar-refractivity contribution >= 4 is 40.8 Å². The Labute approximate surface area is 108 Å². The number of halogens is 2. The predicted octanol–water partition coefficient (Wildman–Crippen LogP) is 2.81. The Bertz CT molecular complexity index is 518. The standard InChI is InChI=1S/C10H9Cl2N5/c1-5-3-2-4-6(11)7(5)14-10-16-8(12)15-9(13)17-10/h2-4H,1H3,(H3,13,14,15,16,17). The molecule has 1 heterocycles. The van der Waals surface area contributed by atoms with Gasteiger partial charge in [0.2, 0.25) is 17.2 Å². The number of nitrogen functional groups attached to an aromatic ring is 1. The van der Waals surface area contributed by atoms with E-state index in [1.54, 1.807) is 6.07 Å². The van der Waals surface area contributed by atoms with Crippen LogP contribution in [0.1, 0.15) is 5.56 Å². The third-order valence-corrected chi connectivity index (χ3v) is 2.57. The molecule has 0 aliphatic rings. The molecule has 7 heteroatoms. The molecule has 0 aliphatic carbocycles. The predicted molar refractivity (Wildman–Crippen MR) is 68.7 cm³/mol. The van der Waals surface area contributed by atoms with E-state index in [1.165, 1.54) is 0 Å². The zero-order valence-corrected chi connectivity index (χ0v) is 10.4. The fourth-order valence-electron chi connectivity index (χ4n) is 1.32.